The largest absolute Gasteiger partial charge is 0.410 e. The van der Waals surface area contributed by atoms with Crippen molar-refractivity contribution in [3.05, 3.63) is 46.1 Å². The zero-order chi connectivity index (χ0) is 19.6. The SMILES string of the molecule is CCCCNC(=O)c1cc2n(n1)[C@@H](C(F)(F)F)C[C@H](c1ccc(Br)cc1)N2. The number of fused-ring (bicyclic) bond motifs is 1. The van der Waals surface area contributed by atoms with Crippen molar-refractivity contribution in [2.24, 2.45) is 0 Å². The Balaban J connectivity index is 1.88. The number of nitrogens with zero attached hydrogens (tertiary/aromatic N) is 2. The van der Waals surface area contributed by atoms with Crippen LogP contribution in [-0.4, -0.2) is 28.4 Å². The number of aromatic nitrogens is 2. The summed E-state index contributed by atoms with van der Waals surface area (Å²) in [7, 11) is 0. The fourth-order valence-corrected chi connectivity index (χ4v) is 3.33. The van der Waals surface area contributed by atoms with Crippen molar-refractivity contribution in [1.29, 1.82) is 0 Å². The fraction of sp³-hybridized carbons (Fsp3) is 0.444. The van der Waals surface area contributed by atoms with Crippen molar-refractivity contribution in [2.75, 3.05) is 11.9 Å². The maximum Gasteiger partial charge on any atom is 0.410 e. The van der Waals surface area contributed by atoms with Crippen LogP contribution in [-0.2, 0) is 0 Å². The Morgan fingerprint density at radius 2 is 2.07 bits per heavy atom. The van der Waals surface area contributed by atoms with E-state index in [2.05, 4.69) is 31.7 Å². The number of nitrogens with one attached hydrogen (secondary N) is 2. The van der Waals surface area contributed by atoms with E-state index in [4.69, 9.17) is 0 Å². The molecule has 1 aliphatic heterocycles. The second-order valence-corrected chi connectivity index (χ2v) is 7.43. The van der Waals surface area contributed by atoms with Gasteiger partial charge in [0, 0.05) is 23.5 Å². The van der Waals surface area contributed by atoms with Gasteiger partial charge < -0.3 is 10.6 Å². The Hall–Kier alpha value is -2.03. The minimum absolute atomic E-state index is 0.0145. The normalized spacial score (nSPS) is 19.3. The second kappa shape index (κ2) is 7.92. The number of carbonyl (C=O) groups excluding carboxylic acids is 1. The lowest BCUT2D eigenvalue weighted by Crippen LogP contribution is -2.35. The quantitative estimate of drug-likeness (QED) is 0.648. The Morgan fingerprint density at radius 3 is 2.70 bits per heavy atom. The van der Waals surface area contributed by atoms with E-state index in [9.17, 15) is 18.0 Å². The summed E-state index contributed by atoms with van der Waals surface area (Å²) in [6.45, 7) is 2.46. The number of unbranched alkanes of at least 4 members (excludes halogenated alkanes) is 1. The highest BCUT2D eigenvalue weighted by Crippen LogP contribution is 2.43. The van der Waals surface area contributed by atoms with Gasteiger partial charge in [-0.2, -0.15) is 18.3 Å². The number of amides is 1. The van der Waals surface area contributed by atoms with Gasteiger partial charge in [-0.15, -0.1) is 0 Å². The lowest BCUT2D eigenvalue weighted by atomic mass is 9.97. The molecule has 2 aromatic rings. The molecular weight excluding hydrogens is 425 g/mol. The van der Waals surface area contributed by atoms with Crippen molar-refractivity contribution < 1.29 is 18.0 Å². The Kier molecular flexibility index (Phi) is 5.78. The zero-order valence-electron chi connectivity index (χ0n) is 14.7. The predicted molar refractivity (Wildman–Crippen MR) is 99.7 cm³/mol. The number of halogens is 4. The van der Waals surface area contributed by atoms with Crippen LogP contribution in [0.3, 0.4) is 0 Å². The standard InChI is InChI=1S/C18H20BrF3N4O/c1-2-3-8-23-17(27)14-10-16-24-13(11-4-6-12(19)7-5-11)9-15(18(20,21)22)26(16)25-14/h4-7,10,13,15,24H,2-3,8-9H2,1H3,(H,23,27)/t13-,15-/m1/s1. The molecule has 3 rings (SSSR count). The number of hydrogen-bond acceptors (Lipinski definition) is 3. The van der Waals surface area contributed by atoms with E-state index in [0.717, 1.165) is 27.6 Å². The van der Waals surface area contributed by atoms with Crippen LogP contribution >= 0.6 is 15.9 Å². The first kappa shape index (κ1) is 19.7. The van der Waals surface area contributed by atoms with Crippen LogP contribution in [0.4, 0.5) is 19.0 Å². The molecular formula is C18H20BrF3N4O. The zero-order valence-corrected chi connectivity index (χ0v) is 16.3. The summed E-state index contributed by atoms with van der Waals surface area (Å²) in [4.78, 5) is 12.2. The minimum Gasteiger partial charge on any atom is -0.363 e. The molecule has 0 fully saturated rings. The molecule has 27 heavy (non-hydrogen) atoms. The van der Waals surface area contributed by atoms with Crippen LogP contribution in [0.1, 0.15) is 54.3 Å². The molecule has 2 atom stereocenters. The van der Waals surface area contributed by atoms with Gasteiger partial charge in [-0.05, 0) is 24.1 Å². The van der Waals surface area contributed by atoms with Crippen LogP contribution < -0.4 is 10.6 Å². The van der Waals surface area contributed by atoms with Crippen molar-refractivity contribution in [3.63, 3.8) is 0 Å². The third kappa shape index (κ3) is 4.45. The first-order valence-electron chi connectivity index (χ1n) is 8.76. The molecule has 9 heteroatoms. The molecule has 0 saturated carbocycles. The van der Waals surface area contributed by atoms with Gasteiger partial charge in [-0.25, -0.2) is 4.68 Å². The maximum atomic E-state index is 13.6. The van der Waals surface area contributed by atoms with Gasteiger partial charge in [-0.3, -0.25) is 4.79 Å². The van der Waals surface area contributed by atoms with Crippen LogP contribution in [0.15, 0.2) is 34.8 Å². The molecule has 1 aromatic heterocycles. The lowest BCUT2D eigenvalue weighted by molar-refractivity contribution is -0.173. The third-order valence-electron chi connectivity index (χ3n) is 4.51. The molecule has 2 N–H and O–H groups in total. The molecule has 5 nitrogen and oxygen atoms in total. The Morgan fingerprint density at radius 1 is 1.37 bits per heavy atom. The summed E-state index contributed by atoms with van der Waals surface area (Å²) in [5, 5.41) is 9.70. The summed E-state index contributed by atoms with van der Waals surface area (Å²) in [5.74, 6) is -0.273. The van der Waals surface area contributed by atoms with Crippen molar-refractivity contribution in [3.8, 4) is 0 Å². The number of rotatable bonds is 5. The number of carbonyl (C=O) groups is 1. The van der Waals surface area contributed by atoms with Gasteiger partial charge in [0.25, 0.3) is 5.91 Å². The highest BCUT2D eigenvalue weighted by Gasteiger charge is 2.46. The summed E-state index contributed by atoms with van der Waals surface area (Å²) >= 11 is 3.32. The molecule has 0 unspecified atom stereocenters. The molecule has 146 valence electrons. The van der Waals surface area contributed by atoms with E-state index in [1.165, 1.54) is 6.07 Å². The highest BCUT2D eigenvalue weighted by molar-refractivity contribution is 9.10. The average molecular weight is 445 g/mol. The molecule has 2 heterocycles. The summed E-state index contributed by atoms with van der Waals surface area (Å²) in [6, 6.07) is 6.20. The van der Waals surface area contributed by atoms with Crippen LogP contribution in [0, 0.1) is 0 Å². The fourth-order valence-electron chi connectivity index (χ4n) is 3.07. The number of benzene rings is 1. The molecule has 0 aliphatic carbocycles. The number of hydrogen-bond donors (Lipinski definition) is 2. The van der Waals surface area contributed by atoms with E-state index in [1.807, 2.05) is 6.92 Å². The summed E-state index contributed by atoms with van der Waals surface area (Å²) < 4.78 is 42.6. The van der Waals surface area contributed by atoms with E-state index < -0.39 is 24.2 Å². The molecule has 1 amide bonds. The molecule has 0 radical (unpaired) electrons. The van der Waals surface area contributed by atoms with Gasteiger partial charge in [0.15, 0.2) is 11.7 Å². The van der Waals surface area contributed by atoms with E-state index in [1.54, 1.807) is 24.3 Å². The molecule has 1 aliphatic rings. The molecule has 0 saturated heterocycles. The summed E-state index contributed by atoms with van der Waals surface area (Å²) in [6.07, 6.45) is -2.95. The van der Waals surface area contributed by atoms with Gasteiger partial charge >= 0.3 is 6.18 Å². The Labute approximate surface area is 163 Å². The van der Waals surface area contributed by atoms with Crippen molar-refractivity contribution in [1.82, 2.24) is 15.1 Å². The van der Waals surface area contributed by atoms with Crippen molar-refractivity contribution >= 4 is 27.7 Å². The van der Waals surface area contributed by atoms with Gasteiger partial charge in [0.2, 0.25) is 0 Å². The first-order chi connectivity index (χ1) is 12.8. The lowest BCUT2D eigenvalue weighted by Gasteiger charge is -2.33. The van der Waals surface area contributed by atoms with E-state index >= 15 is 0 Å². The number of alkyl halides is 3. The molecule has 1 aromatic carbocycles. The monoisotopic (exact) mass is 444 g/mol. The maximum absolute atomic E-state index is 13.6. The van der Waals surface area contributed by atoms with Gasteiger partial charge in [-0.1, -0.05) is 41.4 Å². The van der Waals surface area contributed by atoms with Crippen LogP contribution in [0.5, 0.6) is 0 Å². The first-order valence-corrected chi connectivity index (χ1v) is 9.55. The molecule has 0 spiro atoms. The minimum atomic E-state index is -4.47. The van der Waals surface area contributed by atoms with E-state index in [-0.39, 0.29) is 17.9 Å². The van der Waals surface area contributed by atoms with Gasteiger partial charge in [0.05, 0.1) is 6.04 Å². The topological polar surface area (TPSA) is 59.0 Å². The second-order valence-electron chi connectivity index (χ2n) is 6.51. The van der Waals surface area contributed by atoms with E-state index in [0.29, 0.717) is 6.54 Å². The van der Waals surface area contributed by atoms with Crippen LogP contribution in [0.2, 0.25) is 0 Å². The van der Waals surface area contributed by atoms with Crippen molar-refractivity contribution in [2.45, 2.75) is 44.4 Å². The number of anilines is 1. The predicted octanol–water partition coefficient (Wildman–Crippen LogP) is 4.84. The van der Waals surface area contributed by atoms with Gasteiger partial charge in [0.1, 0.15) is 5.82 Å². The third-order valence-corrected chi connectivity index (χ3v) is 5.04. The molecule has 0 bridgehead atoms. The smallest absolute Gasteiger partial charge is 0.363 e. The average Bonchev–Trinajstić information content (AvgIpc) is 3.05. The van der Waals surface area contributed by atoms with Crippen LogP contribution in [0.25, 0.3) is 0 Å². The summed E-state index contributed by atoms with van der Waals surface area (Å²) in [5.41, 5.74) is 0.730. The Bertz CT molecular complexity index is 804. The highest BCUT2D eigenvalue weighted by atomic mass is 79.9.